The molecule has 0 amide bonds. The molecule has 81 valence electrons. The highest BCUT2D eigenvalue weighted by atomic mass is 32.1. The first-order valence-corrected chi connectivity index (χ1v) is 6.17. The van der Waals surface area contributed by atoms with E-state index < -0.39 is 0 Å². The van der Waals surface area contributed by atoms with E-state index in [4.69, 9.17) is 0 Å². The Balaban J connectivity index is 2.30. The fourth-order valence-electron chi connectivity index (χ4n) is 1.77. The number of hydrogen-bond donors (Lipinski definition) is 0. The molecule has 0 aliphatic carbocycles. The van der Waals surface area contributed by atoms with Crippen LogP contribution in [0.5, 0.6) is 0 Å². The van der Waals surface area contributed by atoms with Gasteiger partial charge in [-0.1, -0.05) is 42.5 Å². The van der Waals surface area contributed by atoms with Crippen molar-refractivity contribution in [2.45, 2.75) is 0 Å². The van der Waals surface area contributed by atoms with Crippen LogP contribution in [0.15, 0.2) is 59.4 Å². The number of rotatable bonds is 1. The van der Waals surface area contributed by atoms with Crippen LogP contribution in [0.2, 0.25) is 0 Å². The SMILES string of the molecule is O=c1[c]c(-c2ccccc2)sc2ccccc12. The van der Waals surface area contributed by atoms with Gasteiger partial charge in [0.05, 0.1) is 6.07 Å². The van der Waals surface area contributed by atoms with Gasteiger partial charge >= 0.3 is 0 Å². The van der Waals surface area contributed by atoms with Crippen LogP contribution in [-0.2, 0) is 0 Å². The highest BCUT2D eigenvalue weighted by Crippen LogP contribution is 2.26. The lowest BCUT2D eigenvalue weighted by Crippen LogP contribution is -1.99. The molecule has 0 bridgehead atoms. The van der Waals surface area contributed by atoms with Crippen molar-refractivity contribution in [1.82, 2.24) is 0 Å². The Morgan fingerprint density at radius 2 is 1.59 bits per heavy atom. The normalized spacial score (nSPS) is 10.6. The predicted octanol–water partition coefficient (Wildman–Crippen LogP) is 3.73. The summed E-state index contributed by atoms with van der Waals surface area (Å²) in [6.07, 6.45) is 0. The minimum absolute atomic E-state index is 0.0294. The molecule has 0 aliphatic heterocycles. The highest BCUT2D eigenvalue weighted by Gasteiger charge is 2.04. The van der Waals surface area contributed by atoms with Crippen LogP contribution in [0, 0.1) is 6.07 Å². The lowest BCUT2D eigenvalue weighted by Gasteiger charge is -2.01. The Bertz CT molecular complexity index is 714. The lowest BCUT2D eigenvalue weighted by molar-refractivity contribution is 1.65. The molecule has 0 saturated carbocycles. The average Bonchev–Trinajstić information content (AvgIpc) is 2.40. The third kappa shape index (κ3) is 1.87. The van der Waals surface area contributed by atoms with Gasteiger partial charge in [0.25, 0.3) is 0 Å². The molecule has 0 saturated heterocycles. The summed E-state index contributed by atoms with van der Waals surface area (Å²) in [5, 5.41) is 0.747. The first-order valence-electron chi connectivity index (χ1n) is 5.35. The molecule has 1 aromatic heterocycles. The van der Waals surface area contributed by atoms with E-state index in [-0.39, 0.29) is 5.43 Å². The Morgan fingerprint density at radius 3 is 2.41 bits per heavy atom. The van der Waals surface area contributed by atoms with Gasteiger partial charge < -0.3 is 0 Å². The average molecular weight is 237 g/mol. The van der Waals surface area contributed by atoms with E-state index in [9.17, 15) is 4.79 Å². The zero-order valence-corrected chi connectivity index (χ0v) is 9.83. The second-order valence-electron chi connectivity index (χ2n) is 3.75. The minimum atomic E-state index is -0.0294. The number of hydrogen-bond acceptors (Lipinski definition) is 2. The molecular formula is C15H9OS. The summed E-state index contributed by atoms with van der Waals surface area (Å²) in [7, 11) is 0. The van der Waals surface area contributed by atoms with Crippen molar-refractivity contribution >= 4 is 21.4 Å². The van der Waals surface area contributed by atoms with E-state index in [0.29, 0.717) is 0 Å². The highest BCUT2D eigenvalue weighted by molar-refractivity contribution is 7.21. The van der Waals surface area contributed by atoms with Gasteiger partial charge in [0.15, 0.2) is 5.43 Å². The van der Waals surface area contributed by atoms with Crippen LogP contribution in [0.25, 0.3) is 20.5 Å². The summed E-state index contributed by atoms with van der Waals surface area (Å²) in [4.78, 5) is 12.8. The van der Waals surface area contributed by atoms with Crippen molar-refractivity contribution in [3.8, 4) is 10.4 Å². The Kier molecular flexibility index (Phi) is 2.50. The van der Waals surface area contributed by atoms with E-state index in [0.717, 1.165) is 20.5 Å². The number of benzene rings is 2. The van der Waals surface area contributed by atoms with Crippen molar-refractivity contribution in [3.05, 3.63) is 70.9 Å². The third-order valence-corrected chi connectivity index (χ3v) is 3.72. The first-order chi connectivity index (χ1) is 8.34. The van der Waals surface area contributed by atoms with Crippen LogP contribution in [0.1, 0.15) is 0 Å². The predicted molar refractivity (Wildman–Crippen MR) is 72.4 cm³/mol. The fraction of sp³-hybridized carbons (Fsp3) is 0. The summed E-state index contributed by atoms with van der Waals surface area (Å²) >= 11 is 1.60. The molecule has 0 unspecified atom stereocenters. The van der Waals surface area contributed by atoms with Crippen molar-refractivity contribution in [2.24, 2.45) is 0 Å². The van der Waals surface area contributed by atoms with Gasteiger partial charge in [0, 0.05) is 15.0 Å². The Labute approximate surface area is 103 Å². The van der Waals surface area contributed by atoms with Gasteiger partial charge in [-0.2, -0.15) is 0 Å². The zero-order chi connectivity index (χ0) is 11.7. The topological polar surface area (TPSA) is 17.1 Å². The monoisotopic (exact) mass is 237 g/mol. The van der Waals surface area contributed by atoms with Crippen LogP contribution in [0.4, 0.5) is 0 Å². The standard InChI is InChI=1S/C15H9OS/c16-13-10-15(11-6-2-1-3-7-11)17-14-9-5-4-8-12(13)14/h1-9H. The molecule has 0 aliphatic rings. The summed E-state index contributed by atoms with van der Waals surface area (Å²) in [6.45, 7) is 0. The molecule has 3 aromatic rings. The largest absolute Gasteiger partial charge is 0.288 e. The molecule has 1 nitrogen and oxygen atoms in total. The molecule has 0 atom stereocenters. The zero-order valence-electron chi connectivity index (χ0n) is 9.01. The molecule has 0 fully saturated rings. The molecule has 17 heavy (non-hydrogen) atoms. The fourth-order valence-corrected chi connectivity index (χ4v) is 2.80. The molecular weight excluding hydrogens is 228 g/mol. The van der Waals surface area contributed by atoms with E-state index in [2.05, 4.69) is 6.07 Å². The van der Waals surface area contributed by atoms with Crippen LogP contribution >= 0.6 is 11.3 Å². The van der Waals surface area contributed by atoms with Gasteiger partial charge in [-0.05, 0) is 17.7 Å². The molecule has 0 N–H and O–H groups in total. The summed E-state index contributed by atoms with van der Waals surface area (Å²) < 4.78 is 1.01. The summed E-state index contributed by atoms with van der Waals surface area (Å²) in [5.74, 6) is 0. The number of fused-ring (bicyclic) bond motifs is 1. The van der Waals surface area contributed by atoms with Crippen molar-refractivity contribution in [1.29, 1.82) is 0 Å². The Hall–Kier alpha value is -1.93. The molecule has 2 aromatic carbocycles. The maximum atomic E-state index is 11.9. The second kappa shape index (κ2) is 4.15. The Morgan fingerprint density at radius 1 is 0.882 bits per heavy atom. The van der Waals surface area contributed by atoms with E-state index in [1.165, 1.54) is 0 Å². The molecule has 3 rings (SSSR count). The van der Waals surface area contributed by atoms with Crippen molar-refractivity contribution in [3.63, 3.8) is 0 Å². The first kappa shape index (κ1) is 10.2. The molecule has 2 heteroatoms. The third-order valence-electron chi connectivity index (χ3n) is 2.61. The molecule has 1 heterocycles. The quantitative estimate of drug-likeness (QED) is 0.630. The van der Waals surface area contributed by atoms with Crippen LogP contribution in [0.3, 0.4) is 0 Å². The smallest absolute Gasteiger partial charge is 0.196 e. The van der Waals surface area contributed by atoms with Gasteiger partial charge in [0.1, 0.15) is 0 Å². The van der Waals surface area contributed by atoms with Crippen molar-refractivity contribution in [2.75, 3.05) is 0 Å². The van der Waals surface area contributed by atoms with Crippen molar-refractivity contribution < 1.29 is 0 Å². The van der Waals surface area contributed by atoms with E-state index >= 15 is 0 Å². The minimum Gasteiger partial charge on any atom is -0.288 e. The lowest BCUT2D eigenvalue weighted by atomic mass is 10.2. The molecule has 1 radical (unpaired) electrons. The molecule has 0 spiro atoms. The second-order valence-corrected chi connectivity index (χ2v) is 4.80. The van der Waals surface area contributed by atoms with Gasteiger partial charge in [-0.25, -0.2) is 0 Å². The van der Waals surface area contributed by atoms with E-state index in [1.54, 1.807) is 11.3 Å². The van der Waals surface area contributed by atoms with Gasteiger partial charge in [-0.3, -0.25) is 4.79 Å². The summed E-state index contributed by atoms with van der Waals surface area (Å²) in [5.41, 5.74) is 1.01. The maximum absolute atomic E-state index is 11.9. The summed E-state index contributed by atoms with van der Waals surface area (Å²) in [6, 6.07) is 20.5. The van der Waals surface area contributed by atoms with E-state index in [1.807, 2.05) is 54.6 Å². The van der Waals surface area contributed by atoms with Gasteiger partial charge in [0.2, 0.25) is 0 Å². The van der Waals surface area contributed by atoms with Crippen LogP contribution in [-0.4, -0.2) is 0 Å². The maximum Gasteiger partial charge on any atom is 0.196 e. The van der Waals surface area contributed by atoms with Crippen LogP contribution < -0.4 is 5.43 Å². The van der Waals surface area contributed by atoms with Gasteiger partial charge in [-0.15, -0.1) is 11.3 Å².